The molecule has 0 aliphatic rings. The molecular formula is C15H22O4S. The summed E-state index contributed by atoms with van der Waals surface area (Å²) < 4.78 is 28.9. The summed E-state index contributed by atoms with van der Waals surface area (Å²) in [7, 11) is -3.30. The van der Waals surface area contributed by atoms with Crippen molar-refractivity contribution in [3.63, 3.8) is 0 Å². The van der Waals surface area contributed by atoms with Gasteiger partial charge in [-0.3, -0.25) is 4.79 Å². The lowest BCUT2D eigenvalue weighted by Gasteiger charge is -2.05. The van der Waals surface area contributed by atoms with Gasteiger partial charge in [-0.1, -0.05) is 19.8 Å². The van der Waals surface area contributed by atoms with Crippen LogP contribution in [-0.2, 0) is 9.84 Å². The summed E-state index contributed by atoms with van der Waals surface area (Å²) in [6.45, 7) is 4.44. The van der Waals surface area contributed by atoms with Gasteiger partial charge in [-0.05, 0) is 37.6 Å². The quantitative estimate of drug-likeness (QED) is 0.519. The molecule has 1 aromatic rings. The highest BCUT2D eigenvalue weighted by Crippen LogP contribution is 2.13. The summed E-state index contributed by atoms with van der Waals surface area (Å²) >= 11 is 0. The van der Waals surface area contributed by atoms with Crippen molar-refractivity contribution in [3.8, 4) is 5.75 Å². The molecule has 0 amide bonds. The Bertz CT molecular complexity index is 517. The Labute approximate surface area is 121 Å². The van der Waals surface area contributed by atoms with Crippen molar-refractivity contribution in [1.29, 1.82) is 0 Å². The van der Waals surface area contributed by atoms with Crippen LogP contribution in [0.2, 0.25) is 0 Å². The second kappa shape index (κ2) is 8.04. The Hall–Kier alpha value is -1.36. The van der Waals surface area contributed by atoms with Crippen molar-refractivity contribution < 1.29 is 17.9 Å². The van der Waals surface area contributed by atoms with Gasteiger partial charge in [0.25, 0.3) is 0 Å². The maximum Gasteiger partial charge on any atom is 0.177 e. The Kier molecular flexibility index (Phi) is 6.71. The molecule has 4 nitrogen and oxygen atoms in total. The molecule has 0 aliphatic heterocycles. The number of benzene rings is 1. The highest BCUT2D eigenvalue weighted by molar-refractivity contribution is 7.92. The molecule has 0 fully saturated rings. The fourth-order valence-corrected chi connectivity index (χ4v) is 3.19. The number of rotatable bonds is 9. The van der Waals surface area contributed by atoms with E-state index < -0.39 is 15.6 Å². The summed E-state index contributed by atoms with van der Waals surface area (Å²) in [5, 5.41) is 0. The van der Waals surface area contributed by atoms with E-state index in [1.54, 1.807) is 24.3 Å². The van der Waals surface area contributed by atoms with Gasteiger partial charge in [-0.15, -0.1) is 0 Å². The van der Waals surface area contributed by atoms with Gasteiger partial charge in [0, 0.05) is 5.56 Å². The lowest BCUT2D eigenvalue weighted by atomic mass is 10.1. The largest absolute Gasteiger partial charge is 0.494 e. The predicted molar refractivity (Wildman–Crippen MR) is 80.1 cm³/mol. The van der Waals surface area contributed by atoms with Gasteiger partial charge in [0.1, 0.15) is 11.5 Å². The first kappa shape index (κ1) is 16.7. The Morgan fingerprint density at radius 3 is 2.30 bits per heavy atom. The average molecular weight is 298 g/mol. The van der Waals surface area contributed by atoms with E-state index in [-0.39, 0.29) is 11.5 Å². The van der Waals surface area contributed by atoms with E-state index in [1.807, 2.05) is 13.8 Å². The van der Waals surface area contributed by atoms with Gasteiger partial charge in [0.2, 0.25) is 0 Å². The summed E-state index contributed by atoms with van der Waals surface area (Å²) in [5.41, 5.74) is 0.410. The van der Waals surface area contributed by atoms with Crippen LogP contribution in [0.15, 0.2) is 24.3 Å². The van der Waals surface area contributed by atoms with Crippen LogP contribution in [0.25, 0.3) is 0 Å². The number of carbonyl (C=O) groups is 1. The molecule has 0 radical (unpaired) electrons. The van der Waals surface area contributed by atoms with Crippen molar-refractivity contribution in [2.24, 2.45) is 0 Å². The third-order valence-electron chi connectivity index (χ3n) is 2.90. The molecule has 20 heavy (non-hydrogen) atoms. The molecule has 112 valence electrons. The first-order valence-electron chi connectivity index (χ1n) is 6.95. The molecule has 0 spiro atoms. The van der Waals surface area contributed by atoms with E-state index in [0.717, 1.165) is 12.8 Å². The number of ketones is 1. The molecular weight excluding hydrogens is 276 g/mol. The minimum atomic E-state index is -3.30. The minimum Gasteiger partial charge on any atom is -0.494 e. The van der Waals surface area contributed by atoms with Gasteiger partial charge in [-0.25, -0.2) is 8.42 Å². The monoisotopic (exact) mass is 298 g/mol. The number of Topliss-reactive ketones (excluding diaryl/α,β-unsaturated/α-hetero) is 1. The van der Waals surface area contributed by atoms with Crippen molar-refractivity contribution in [2.45, 2.75) is 33.1 Å². The third kappa shape index (κ3) is 5.74. The minimum absolute atomic E-state index is 0.0869. The first-order valence-corrected chi connectivity index (χ1v) is 8.77. The predicted octanol–water partition coefficient (Wildman–Crippen LogP) is 2.87. The second-order valence-corrected chi connectivity index (χ2v) is 6.86. The zero-order chi connectivity index (χ0) is 15.0. The number of carbonyl (C=O) groups excluding carboxylic acids is 1. The van der Waals surface area contributed by atoms with Gasteiger partial charge < -0.3 is 4.74 Å². The van der Waals surface area contributed by atoms with Crippen LogP contribution in [-0.4, -0.2) is 32.3 Å². The topological polar surface area (TPSA) is 60.4 Å². The zero-order valence-corrected chi connectivity index (χ0v) is 12.9. The Morgan fingerprint density at radius 2 is 1.75 bits per heavy atom. The van der Waals surface area contributed by atoms with Gasteiger partial charge in [0.15, 0.2) is 15.6 Å². The summed E-state index contributed by atoms with van der Waals surface area (Å²) in [6.07, 6.45) is 2.45. The van der Waals surface area contributed by atoms with E-state index in [4.69, 9.17) is 4.74 Å². The van der Waals surface area contributed by atoms with Crippen LogP contribution < -0.4 is 4.74 Å². The molecule has 0 unspecified atom stereocenters. The molecule has 0 N–H and O–H groups in total. The average Bonchev–Trinajstić information content (AvgIpc) is 2.39. The van der Waals surface area contributed by atoms with Crippen LogP contribution >= 0.6 is 0 Å². The lowest BCUT2D eigenvalue weighted by molar-refractivity contribution is 0.102. The summed E-state index contributed by atoms with van der Waals surface area (Å²) in [4.78, 5) is 11.9. The number of sulfone groups is 1. The summed E-state index contributed by atoms with van der Waals surface area (Å²) in [6, 6.07) is 6.57. The van der Waals surface area contributed by atoms with Gasteiger partial charge in [-0.2, -0.15) is 0 Å². The van der Waals surface area contributed by atoms with Crippen LogP contribution in [0.3, 0.4) is 0 Å². The molecule has 0 bridgehead atoms. The van der Waals surface area contributed by atoms with Crippen LogP contribution in [0.1, 0.15) is 43.5 Å². The molecule has 1 aromatic carbocycles. The summed E-state index contributed by atoms with van der Waals surface area (Å²) in [5.74, 6) is -0.00621. The van der Waals surface area contributed by atoms with Crippen LogP contribution in [0.5, 0.6) is 5.75 Å². The van der Waals surface area contributed by atoms with Gasteiger partial charge >= 0.3 is 0 Å². The standard InChI is InChI=1S/C15H22O4S/c1-3-5-6-11-20(17,18)12-15(16)13-7-9-14(10-8-13)19-4-2/h7-10H,3-6,11-12H2,1-2H3. The van der Waals surface area contributed by atoms with Crippen molar-refractivity contribution in [1.82, 2.24) is 0 Å². The van der Waals surface area contributed by atoms with Crippen molar-refractivity contribution in [3.05, 3.63) is 29.8 Å². The zero-order valence-electron chi connectivity index (χ0n) is 12.1. The van der Waals surface area contributed by atoms with E-state index in [1.165, 1.54) is 0 Å². The number of unbranched alkanes of at least 4 members (excludes halogenated alkanes) is 2. The highest BCUT2D eigenvalue weighted by Gasteiger charge is 2.17. The van der Waals surface area contributed by atoms with Crippen molar-refractivity contribution in [2.75, 3.05) is 18.1 Å². The number of hydrogen-bond acceptors (Lipinski definition) is 4. The molecule has 0 saturated carbocycles. The maximum absolute atomic E-state index is 11.9. The highest BCUT2D eigenvalue weighted by atomic mass is 32.2. The fourth-order valence-electron chi connectivity index (χ4n) is 1.83. The van der Waals surface area contributed by atoms with Crippen LogP contribution in [0, 0.1) is 0 Å². The van der Waals surface area contributed by atoms with E-state index >= 15 is 0 Å². The van der Waals surface area contributed by atoms with Gasteiger partial charge in [0.05, 0.1) is 12.4 Å². The normalized spacial score (nSPS) is 11.3. The molecule has 0 aromatic heterocycles. The maximum atomic E-state index is 11.9. The fraction of sp³-hybridized carbons (Fsp3) is 0.533. The molecule has 1 rings (SSSR count). The molecule has 0 saturated heterocycles. The molecule has 0 atom stereocenters. The van der Waals surface area contributed by atoms with E-state index in [0.29, 0.717) is 24.3 Å². The second-order valence-electron chi connectivity index (χ2n) is 4.68. The van der Waals surface area contributed by atoms with Crippen molar-refractivity contribution >= 4 is 15.6 Å². The first-order chi connectivity index (χ1) is 9.48. The smallest absolute Gasteiger partial charge is 0.177 e. The van der Waals surface area contributed by atoms with E-state index in [2.05, 4.69) is 0 Å². The Balaban J connectivity index is 2.61. The lowest BCUT2D eigenvalue weighted by Crippen LogP contribution is -2.19. The van der Waals surface area contributed by atoms with Crippen LogP contribution in [0.4, 0.5) is 0 Å². The molecule has 0 aliphatic carbocycles. The number of hydrogen-bond donors (Lipinski definition) is 0. The Morgan fingerprint density at radius 1 is 1.10 bits per heavy atom. The molecule has 5 heteroatoms. The molecule has 0 heterocycles. The SMILES string of the molecule is CCCCCS(=O)(=O)CC(=O)c1ccc(OCC)cc1. The number of ether oxygens (including phenoxy) is 1. The van der Waals surface area contributed by atoms with E-state index in [9.17, 15) is 13.2 Å². The third-order valence-corrected chi connectivity index (χ3v) is 4.51.